The molecule has 4 rings (SSSR count). The predicted molar refractivity (Wildman–Crippen MR) is 146 cm³/mol. The zero-order chi connectivity index (χ0) is 26.6. The van der Waals surface area contributed by atoms with Gasteiger partial charge in [0.05, 0.1) is 22.5 Å². The van der Waals surface area contributed by atoms with Gasteiger partial charge in [-0.3, -0.25) is 4.79 Å². The largest absolute Gasteiger partial charge is 0.342 e. The fourth-order valence-electron chi connectivity index (χ4n) is 4.25. The second-order valence-electron chi connectivity index (χ2n) is 8.98. The quantitative estimate of drug-likeness (QED) is 0.313. The molecular weight excluding hydrogens is 484 g/mol. The van der Waals surface area contributed by atoms with Crippen molar-refractivity contribution in [3.05, 3.63) is 83.2 Å². The SMILES string of the molecule is C#CCNS(=O)(=O)c1ccc(C(=O)N(CCC)Cc2cc(-c3ccc4nc(C)[nH]c4c3)ccc2C)cc1. The van der Waals surface area contributed by atoms with E-state index in [2.05, 4.69) is 50.9 Å². The van der Waals surface area contributed by atoms with Crippen LogP contribution in [0.25, 0.3) is 22.2 Å². The number of sulfonamides is 1. The molecule has 1 heterocycles. The number of amides is 1. The normalized spacial score (nSPS) is 11.4. The molecule has 1 amide bonds. The molecule has 7 nitrogen and oxygen atoms in total. The van der Waals surface area contributed by atoms with Gasteiger partial charge in [-0.15, -0.1) is 6.42 Å². The fraction of sp³-hybridized carbons (Fsp3) is 0.241. The molecule has 37 heavy (non-hydrogen) atoms. The molecule has 3 aromatic carbocycles. The van der Waals surface area contributed by atoms with Gasteiger partial charge >= 0.3 is 0 Å². The van der Waals surface area contributed by atoms with Crippen LogP contribution in [-0.2, 0) is 16.6 Å². The van der Waals surface area contributed by atoms with E-state index in [0.717, 1.165) is 45.5 Å². The molecule has 4 aromatic rings. The highest BCUT2D eigenvalue weighted by molar-refractivity contribution is 7.89. The number of aromatic amines is 1. The molecule has 0 aliphatic rings. The van der Waals surface area contributed by atoms with Crippen LogP contribution >= 0.6 is 0 Å². The topological polar surface area (TPSA) is 95.2 Å². The van der Waals surface area contributed by atoms with Crippen molar-refractivity contribution >= 4 is 27.0 Å². The smallest absolute Gasteiger partial charge is 0.254 e. The first-order chi connectivity index (χ1) is 17.7. The first-order valence-electron chi connectivity index (χ1n) is 12.1. The Hall–Kier alpha value is -3.93. The van der Waals surface area contributed by atoms with Gasteiger partial charge in [0.25, 0.3) is 5.91 Å². The van der Waals surface area contributed by atoms with Gasteiger partial charge in [0.15, 0.2) is 0 Å². The number of imidazole rings is 1. The number of benzene rings is 3. The third kappa shape index (κ3) is 5.91. The van der Waals surface area contributed by atoms with E-state index < -0.39 is 10.0 Å². The second-order valence-corrected chi connectivity index (χ2v) is 10.7. The number of nitrogens with one attached hydrogen (secondary N) is 2. The van der Waals surface area contributed by atoms with Gasteiger partial charge in [-0.2, -0.15) is 4.72 Å². The molecule has 2 N–H and O–H groups in total. The van der Waals surface area contributed by atoms with Crippen LogP contribution in [0, 0.1) is 26.2 Å². The van der Waals surface area contributed by atoms with Crippen LogP contribution in [0.5, 0.6) is 0 Å². The summed E-state index contributed by atoms with van der Waals surface area (Å²) in [5.41, 5.74) is 6.63. The summed E-state index contributed by atoms with van der Waals surface area (Å²) in [6.45, 7) is 6.93. The van der Waals surface area contributed by atoms with Crippen LogP contribution in [-0.4, -0.2) is 42.3 Å². The van der Waals surface area contributed by atoms with E-state index >= 15 is 0 Å². The minimum absolute atomic E-state index is 0.0642. The third-order valence-corrected chi connectivity index (χ3v) is 7.62. The van der Waals surface area contributed by atoms with E-state index in [0.29, 0.717) is 18.7 Å². The lowest BCUT2D eigenvalue weighted by molar-refractivity contribution is 0.0743. The average Bonchev–Trinajstić information content (AvgIpc) is 3.27. The Bertz CT molecular complexity index is 1580. The van der Waals surface area contributed by atoms with Gasteiger partial charge < -0.3 is 9.88 Å². The van der Waals surface area contributed by atoms with Crippen molar-refractivity contribution in [2.24, 2.45) is 0 Å². The summed E-state index contributed by atoms with van der Waals surface area (Å²) >= 11 is 0. The summed E-state index contributed by atoms with van der Waals surface area (Å²) in [5, 5.41) is 0. The van der Waals surface area contributed by atoms with Crippen molar-refractivity contribution in [3.8, 4) is 23.5 Å². The summed E-state index contributed by atoms with van der Waals surface area (Å²) < 4.78 is 26.9. The summed E-state index contributed by atoms with van der Waals surface area (Å²) in [6, 6.07) is 18.4. The van der Waals surface area contributed by atoms with Gasteiger partial charge in [-0.05, 0) is 85.0 Å². The molecule has 0 saturated heterocycles. The number of hydrogen-bond donors (Lipinski definition) is 2. The number of fused-ring (bicyclic) bond motifs is 1. The zero-order valence-corrected chi connectivity index (χ0v) is 22.0. The maximum atomic E-state index is 13.4. The molecule has 190 valence electrons. The van der Waals surface area contributed by atoms with Gasteiger partial charge in [-0.1, -0.05) is 31.0 Å². The van der Waals surface area contributed by atoms with Crippen LogP contribution in [0.15, 0.2) is 65.6 Å². The molecule has 0 aliphatic carbocycles. The summed E-state index contributed by atoms with van der Waals surface area (Å²) in [7, 11) is -3.72. The molecule has 0 unspecified atom stereocenters. The van der Waals surface area contributed by atoms with Crippen molar-refractivity contribution in [1.29, 1.82) is 0 Å². The number of carbonyl (C=O) groups is 1. The summed E-state index contributed by atoms with van der Waals surface area (Å²) in [6.07, 6.45) is 5.94. The second kappa shape index (κ2) is 11.0. The molecule has 0 spiro atoms. The number of terminal acetylenes is 1. The highest BCUT2D eigenvalue weighted by Gasteiger charge is 2.19. The maximum Gasteiger partial charge on any atom is 0.254 e. The molecule has 0 atom stereocenters. The molecule has 0 bridgehead atoms. The number of aryl methyl sites for hydroxylation is 2. The van der Waals surface area contributed by atoms with Gasteiger partial charge in [0.1, 0.15) is 5.82 Å². The molecule has 0 aliphatic heterocycles. The highest BCUT2D eigenvalue weighted by atomic mass is 32.2. The van der Waals surface area contributed by atoms with Crippen molar-refractivity contribution in [1.82, 2.24) is 19.6 Å². The lowest BCUT2D eigenvalue weighted by Gasteiger charge is -2.24. The fourth-order valence-corrected chi connectivity index (χ4v) is 5.18. The first kappa shape index (κ1) is 26.1. The average molecular weight is 515 g/mol. The Balaban J connectivity index is 1.58. The van der Waals surface area contributed by atoms with Crippen LogP contribution in [0.2, 0.25) is 0 Å². The summed E-state index contributed by atoms with van der Waals surface area (Å²) in [5.74, 6) is 2.97. The number of nitrogens with zero attached hydrogens (tertiary/aromatic N) is 2. The molecule has 1 aromatic heterocycles. The monoisotopic (exact) mass is 514 g/mol. The number of H-pyrrole nitrogens is 1. The Morgan fingerprint density at radius 1 is 1.05 bits per heavy atom. The van der Waals surface area contributed by atoms with Crippen LogP contribution in [0.3, 0.4) is 0 Å². The molecule has 8 heteroatoms. The zero-order valence-electron chi connectivity index (χ0n) is 21.2. The lowest BCUT2D eigenvalue weighted by Crippen LogP contribution is -2.31. The van der Waals surface area contributed by atoms with Crippen molar-refractivity contribution < 1.29 is 13.2 Å². The molecular formula is C29H30N4O3S. The standard InChI is InChI=1S/C29H30N4O3S/c1-5-15-30-37(35,36)26-12-9-22(10-13-26)29(34)33(16-6-2)19-25-17-23(8-7-20(25)3)24-11-14-27-28(18-24)32-21(4)31-27/h1,7-14,17-18,30H,6,15-16,19H2,2-4H3,(H,31,32). The highest BCUT2D eigenvalue weighted by Crippen LogP contribution is 2.27. The van der Waals surface area contributed by atoms with E-state index in [-0.39, 0.29) is 17.3 Å². The van der Waals surface area contributed by atoms with E-state index in [1.54, 1.807) is 17.0 Å². The number of rotatable bonds is 9. The number of hydrogen-bond acceptors (Lipinski definition) is 4. The van der Waals surface area contributed by atoms with Crippen LogP contribution in [0.4, 0.5) is 0 Å². The Labute approximate surface area is 218 Å². The third-order valence-electron chi connectivity index (χ3n) is 6.20. The number of aromatic nitrogens is 2. The van der Waals surface area contributed by atoms with Crippen LogP contribution < -0.4 is 4.72 Å². The van der Waals surface area contributed by atoms with E-state index in [4.69, 9.17) is 6.42 Å². The Morgan fingerprint density at radius 2 is 1.76 bits per heavy atom. The minimum Gasteiger partial charge on any atom is -0.342 e. The van der Waals surface area contributed by atoms with E-state index in [9.17, 15) is 13.2 Å². The van der Waals surface area contributed by atoms with Crippen molar-refractivity contribution in [3.63, 3.8) is 0 Å². The van der Waals surface area contributed by atoms with Crippen LogP contribution in [0.1, 0.15) is 40.7 Å². The van der Waals surface area contributed by atoms with Gasteiger partial charge in [-0.25, -0.2) is 13.4 Å². The number of carbonyl (C=O) groups excluding carboxylic acids is 1. The lowest BCUT2D eigenvalue weighted by atomic mass is 9.99. The summed E-state index contributed by atoms with van der Waals surface area (Å²) in [4.78, 5) is 23.0. The Kier molecular flexibility index (Phi) is 7.77. The van der Waals surface area contributed by atoms with Gasteiger partial charge in [0.2, 0.25) is 10.0 Å². The van der Waals surface area contributed by atoms with Crippen molar-refractivity contribution in [2.45, 2.75) is 38.6 Å². The molecule has 0 radical (unpaired) electrons. The predicted octanol–water partition coefficient (Wildman–Crippen LogP) is 4.81. The van der Waals surface area contributed by atoms with Crippen molar-refractivity contribution in [2.75, 3.05) is 13.1 Å². The Morgan fingerprint density at radius 3 is 2.46 bits per heavy atom. The van der Waals surface area contributed by atoms with E-state index in [1.165, 1.54) is 12.1 Å². The minimum atomic E-state index is -3.72. The molecule has 0 fully saturated rings. The van der Waals surface area contributed by atoms with E-state index in [1.807, 2.05) is 26.8 Å². The first-order valence-corrected chi connectivity index (χ1v) is 13.6. The maximum absolute atomic E-state index is 13.4. The van der Waals surface area contributed by atoms with Gasteiger partial charge in [0, 0.05) is 18.7 Å². The molecule has 0 saturated carbocycles.